The molecule has 2 rings (SSSR count). The number of methoxy groups -OCH3 is 1. The number of phenolic OH excluding ortho intramolecular Hbond substituents is 2. The second-order valence-corrected chi connectivity index (χ2v) is 4.17. The molecule has 2 aromatic carbocycles. The molecular formula is C15H14N2O4. The predicted octanol–water partition coefficient (Wildman–Crippen LogP) is 1.87. The Morgan fingerprint density at radius 2 is 1.90 bits per heavy atom. The molecule has 108 valence electrons. The standard InChI is InChI=1S/C15H14N2O4/c1-21-13-6-7-14(19)11(8-13)9-16-17-15(20)10-2-4-12(18)5-3-10/h2-9,18-19H,1H3,(H,17,20)/b16-9+. The van der Waals surface area contributed by atoms with Crippen molar-refractivity contribution in [1.82, 2.24) is 5.43 Å². The molecule has 0 atom stereocenters. The van der Waals surface area contributed by atoms with E-state index >= 15 is 0 Å². The maximum atomic E-state index is 11.8. The van der Waals surface area contributed by atoms with Crippen LogP contribution in [0.25, 0.3) is 0 Å². The minimum atomic E-state index is -0.423. The van der Waals surface area contributed by atoms with E-state index in [1.807, 2.05) is 0 Å². The van der Waals surface area contributed by atoms with Gasteiger partial charge in [0.05, 0.1) is 13.3 Å². The van der Waals surface area contributed by atoms with E-state index in [9.17, 15) is 9.90 Å². The third-order valence-electron chi connectivity index (χ3n) is 2.73. The van der Waals surface area contributed by atoms with E-state index in [0.29, 0.717) is 16.9 Å². The zero-order chi connectivity index (χ0) is 15.2. The van der Waals surface area contributed by atoms with E-state index in [4.69, 9.17) is 9.84 Å². The number of hydrogen-bond acceptors (Lipinski definition) is 5. The summed E-state index contributed by atoms with van der Waals surface area (Å²) in [4.78, 5) is 11.8. The lowest BCUT2D eigenvalue weighted by Crippen LogP contribution is -2.17. The summed E-state index contributed by atoms with van der Waals surface area (Å²) < 4.78 is 5.03. The van der Waals surface area contributed by atoms with Crippen LogP contribution in [0, 0.1) is 0 Å². The molecule has 0 bridgehead atoms. The quantitative estimate of drug-likeness (QED) is 0.591. The maximum Gasteiger partial charge on any atom is 0.271 e. The Morgan fingerprint density at radius 1 is 1.19 bits per heavy atom. The monoisotopic (exact) mass is 286 g/mol. The van der Waals surface area contributed by atoms with Gasteiger partial charge in [0.25, 0.3) is 5.91 Å². The number of ether oxygens (including phenoxy) is 1. The number of amides is 1. The first-order chi connectivity index (χ1) is 10.1. The Balaban J connectivity index is 2.05. The Bertz CT molecular complexity index is 666. The largest absolute Gasteiger partial charge is 0.508 e. The van der Waals surface area contributed by atoms with Gasteiger partial charge in [0.2, 0.25) is 0 Å². The molecule has 0 aliphatic carbocycles. The number of benzene rings is 2. The molecule has 6 heteroatoms. The summed E-state index contributed by atoms with van der Waals surface area (Å²) in [6.45, 7) is 0. The third kappa shape index (κ3) is 3.73. The number of hydrazone groups is 1. The normalized spacial score (nSPS) is 10.5. The summed E-state index contributed by atoms with van der Waals surface area (Å²) in [5.74, 6) is 0.252. The first kappa shape index (κ1) is 14.4. The van der Waals surface area contributed by atoms with Gasteiger partial charge in [-0.25, -0.2) is 5.43 Å². The van der Waals surface area contributed by atoms with Crippen molar-refractivity contribution in [1.29, 1.82) is 0 Å². The van der Waals surface area contributed by atoms with E-state index in [0.717, 1.165) is 0 Å². The third-order valence-corrected chi connectivity index (χ3v) is 2.73. The molecule has 1 amide bonds. The van der Waals surface area contributed by atoms with Crippen molar-refractivity contribution in [2.24, 2.45) is 5.10 Å². The van der Waals surface area contributed by atoms with Crippen molar-refractivity contribution >= 4 is 12.1 Å². The molecule has 2 aromatic rings. The lowest BCUT2D eigenvalue weighted by molar-refractivity contribution is 0.0955. The predicted molar refractivity (Wildman–Crippen MR) is 77.8 cm³/mol. The topological polar surface area (TPSA) is 91.2 Å². The highest BCUT2D eigenvalue weighted by Crippen LogP contribution is 2.20. The zero-order valence-corrected chi connectivity index (χ0v) is 11.3. The van der Waals surface area contributed by atoms with Gasteiger partial charge < -0.3 is 14.9 Å². The second-order valence-electron chi connectivity index (χ2n) is 4.17. The van der Waals surface area contributed by atoms with Gasteiger partial charge in [-0.05, 0) is 42.5 Å². The van der Waals surface area contributed by atoms with Gasteiger partial charge in [-0.15, -0.1) is 0 Å². The Hall–Kier alpha value is -3.02. The number of aromatic hydroxyl groups is 2. The number of carbonyl (C=O) groups is 1. The molecular weight excluding hydrogens is 272 g/mol. The molecule has 0 radical (unpaired) electrons. The Morgan fingerprint density at radius 3 is 2.57 bits per heavy atom. The van der Waals surface area contributed by atoms with Crippen molar-refractivity contribution in [2.45, 2.75) is 0 Å². The van der Waals surface area contributed by atoms with Crippen LogP contribution in [0.2, 0.25) is 0 Å². The summed E-state index contributed by atoms with van der Waals surface area (Å²) in [6, 6.07) is 10.4. The van der Waals surface area contributed by atoms with Gasteiger partial charge in [-0.1, -0.05) is 0 Å². The summed E-state index contributed by atoms with van der Waals surface area (Å²) in [5, 5.41) is 22.6. The average Bonchev–Trinajstić information content (AvgIpc) is 2.49. The number of rotatable bonds is 4. The molecule has 6 nitrogen and oxygen atoms in total. The van der Waals surface area contributed by atoms with E-state index in [2.05, 4.69) is 10.5 Å². The van der Waals surface area contributed by atoms with Crippen molar-refractivity contribution in [3.05, 3.63) is 53.6 Å². The van der Waals surface area contributed by atoms with Crippen LogP contribution in [0.3, 0.4) is 0 Å². The SMILES string of the molecule is COc1ccc(O)c(/C=N/NC(=O)c2ccc(O)cc2)c1. The highest BCUT2D eigenvalue weighted by molar-refractivity contribution is 5.95. The van der Waals surface area contributed by atoms with E-state index in [1.54, 1.807) is 12.1 Å². The lowest BCUT2D eigenvalue weighted by atomic mass is 10.2. The molecule has 0 unspecified atom stereocenters. The van der Waals surface area contributed by atoms with Gasteiger partial charge in [-0.2, -0.15) is 5.10 Å². The van der Waals surface area contributed by atoms with Gasteiger partial charge >= 0.3 is 0 Å². The fourth-order valence-electron chi connectivity index (χ4n) is 1.60. The molecule has 0 aliphatic rings. The summed E-state index contributed by atoms with van der Waals surface area (Å²) in [7, 11) is 1.51. The minimum Gasteiger partial charge on any atom is -0.508 e. The van der Waals surface area contributed by atoms with Crippen LogP contribution in [-0.2, 0) is 0 Å². The van der Waals surface area contributed by atoms with Gasteiger partial charge in [-0.3, -0.25) is 4.79 Å². The zero-order valence-electron chi connectivity index (χ0n) is 11.3. The molecule has 21 heavy (non-hydrogen) atoms. The van der Waals surface area contributed by atoms with Crippen molar-refractivity contribution in [3.63, 3.8) is 0 Å². The van der Waals surface area contributed by atoms with Crippen LogP contribution in [0.5, 0.6) is 17.2 Å². The highest BCUT2D eigenvalue weighted by atomic mass is 16.5. The molecule has 0 spiro atoms. The van der Waals surface area contributed by atoms with E-state index in [1.165, 1.54) is 43.7 Å². The van der Waals surface area contributed by atoms with Gasteiger partial charge in [0.15, 0.2) is 0 Å². The molecule has 0 heterocycles. The number of hydrogen-bond donors (Lipinski definition) is 3. The molecule has 3 N–H and O–H groups in total. The van der Waals surface area contributed by atoms with Crippen LogP contribution in [-0.4, -0.2) is 29.4 Å². The minimum absolute atomic E-state index is 0.0263. The van der Waals surface area contributed by atoms with Gasteiger partial charge in [0, 0.05) is 11.1 Å². The average molecular weight is 286 g/mol. The molecule has 0 fully saturated rings. The van der Waals surface area contributed by atoms with Crippen molar-refractivity contribution in [2.75, 3.05) is 7.11 Å². The second kappa shape index (κ2) is 6.42. The van der Waals surface area contributed by atoms with Crippen LogP contribution in [0.4, 0.5) is 0 Å². The van der Waals surface area contributed by atoms with Crippen LogP contribution in [0.1, 0.15) is 15.9 Å². The highest BCUT2D eigenvalue weighted by Gasteiger charge is 2.04. The fraction of sp³-hybridized carbons (Fsp3) is 0.0667. The summed E-state index contributed by atoms with van der Waals surface area (Å²) in [5.41, 5.74) is 3.11. The first-order valence-corrected chi connectivity index (χ1v) is 6.09. The van der Waals surface area contributed by atoms with E-state index in [-0.39, 0.29) is 11.5 Å². The molecule has 0 saturated carbocycles. The van der Waals surface area contributed by atoms with Crippen molar-refractivity contribution in [3.8, 4) is 17.2 Å². The van der Waals surface area contributed by atoms with E-state index < -0.39 is 5.91 Å². The molecule has 0 aliphatic heterocycles. The van der Waals surface area contributed by atoms with Gasteiger partial charge in [0.1, 0.15) is 17.2 Å². The molecule has 0 aromatic heterocycles. The number of nitrogens with one attached hydrogen (secondary N) is 1. The Labute approximate surface area is 121 Å². The van der Waals surface area contributed by atoms with Crippen LogP contribution >= 0.6 is 0 Å². The maximum absolute atomic E-state index is 11.8. The molecule has 0 saturated heterocycles. The first-order valence-electron chi connectivity index (χ1n) is 6.09. The van der Waals surface area contributed by atoms with Crippen LogP contribution < -0.4 is 10.2 Å². The lowest BCUT2D eigenvalue weighted by Gasteiger charge is -2.03. The van der Waals surface area contributed by atoms with Crippen LogP contribution in [0.15, 0.2) is 47.6 Å². The Kier molecular flexibility index (Phi) is 4.40. The number of phenols is 2. The summed E-state index contributed by atoms with van der Waals surface area (Å²) in [6.07, 6.45) is 1.32. The smallest absolute Gasteiger partial charge is 0.271 e. The van der Waals surface area contributed by atoms with Crippen molar-refractivity contribution < 1.29 is 19.7 Å². The number of nitrogens with zero attached hydrogens (tertiary/aromatic N) is 1. The number of carbonyl (C=O) groups excluding carboxylic acids is 1. The summed E-state index contributed by atoms with van der Waals surface area (Å²) >= 11 is 0. The fourth-order valence-corrected chi connectivity index (χ4v) is 1.60.